The molecule has 0 fully saturated rings. The first-order valence-corrected chi connectivity index (χ1v) is 9.48. The topological polar surface area (TPSA) is 57.4 Å². The van der Waals surface area contributed by atoms with Crippen molar-refractivity contribution in [1.29, 1.82) is 0 Å². The minimum Gasteiger partial charge on any atom is -0.473 e. The second-order valence-corrected chi connectivity index (χ2v) is 6.67. The number of benzene rings is 3. The van der Waals surface area contributed by atoms with Gasteiger partial charge in [-0.1, -0.05) is 72.8 Å². The highest BCUT2D eigenvalue weighted by molar-refractivity contribution is 5.70. The lowest BCUT2D eigenvalue weighted by molar-refractivity contribution is 0.268. The second kappa shape index (κ2) is 8.93. The smallest absolute Gasteiger partial charge is 0.225 e. The first-order valence-electron chi connectivity index (χ1n) is 9.48. The lowest BCUT2D eigenvalue weighted by Crippen LogP contribution is -2.02. The van der Waals surface area contributed by atoms with Crippen LogP contribution in [-0.2, 0) is 13.2 Å². The third-order valence-electron chi connectivity index (χ3n) is 4.50. The predicted molar refractivity (Wildman–Crippen MR) is 116 cm³/mol. The van der Waals surface area contributed by atoms with E-state index in [1.165, 1.54) is 0 Å². The molecule has 4 rings (SSSR count). The summed E-state index contributed by atoms with van der Waals surface area (Å²) in [5.41, 5.74) is 10.6. The predicted octanol–water partition coefficient (Wildman–Crippen LogP) is 5.49. The van der Waals surface area contributed by atoms with Crippen LogP contribution in [-0.4, -0.2) is 4.98 Å². The molecule has 3 aromatic carbocycles. The SMILES string of the molecule is Nc1ccc(-c2ccc(OCc3ccccc3)nc2OCc2ccccc2)cc1. The van der Waals surface area contributed by atoms with Crippen LogP contribution in [0.1, 0.15) is 11.1 Å². The van der Waals surface area contributed by atoms with Gasteiger partial charge in [-0.05, 0) is 34.9 Å². The van der Waals surface area contributed by atoms with Crippen LogP contribution in [0.4, 0.5) is 5.69 Å². The van der Waals surface area contributed by atoms with Gasteiger partial charge in [0.1, 0.15) is 13.2 Å². The van der Waals surface area contributed by atoms with E-state index in [9.17, 15) is 0 Å². The number of hydrogen-bond acceptors (Lipinski definition) is 4. The number of pyridine rings is 1. The fourth-order valence-electron chi connectivity index (χ4n) is 2.95. The molecule has 0 amide bonds. The maximum Gasteiger partial charge on any atom is 0.225 e. The Morgan fingerprint density at radius 2 is 1.21 bits per heavy atom. The standard InChI is InChI=1S/C25H22N2O2/c26-22-13-11-21(12-14-22)23-15-16-24(28-17-19-7-3-1-4-8-19)27-25(23)29-18-20-9-5-2-6-10-20/h1-16H,17-18,26H2. The Morgan fingerprint density at radius 1 is 0.621 bits per heavy atom. The Hall–Kier alpha value is -3.79. The summed E-state index contributed by atoms with van der Waals surface area (Å²) in [6.07, 6.45) is 0. The number of aromatic nitrogens is 1. The number of rotatable bonds is 7. The first kappa shape index (κ1) is 18.6. The molecular weight excluding hydrogens is 360 g/mol. The molecule has 0 atom stereocenters. The number of hydrogen-bond donors (Lipinski definition) is 1. The molecule has 0 bridgehead atoms. The molecule has 4 heteroatoms. The maximum absolute atomic E-state index is 6.08. The van der Waals surface area contributed by atoms with E-state index in [4.69, 9.17) is 15.2 Å². The molecule has 0 unspecified atom stereocenters. The van der Waals surface area contributed by atoms with E-state index in [1.54, 1.807) is 0 Å². The van der Waals surface area contributed by atoms with Crippen molar-refractivity contribution in [2.75, 3.05) is 5.73 Å². The monoisotopic (exact) mass is 382 g/mol. The molecule has 2 N–H and O–H groups in total. The summed E-state index contributed by atoms with van der Waals surface area (Å²) in [6, 6.07) is 31.5. The molecule has 0 radical (unpaired) electrons. The number of anilines is 1. The van der Waals surface area contributed by atoms with Gasteiger partial charge in [0.25, 0.3) is 0 Å². The van der Waals surface area contributed by atoms with Gasteiger partial charge in [-0.15, -0.1) is 0 Å². The molecule has 0 spiro atoms. The van der Waals surface area contributed by atoms with Gasteiger partial charge in [-0.25, -0.2) is 0 Å². The van der Waals surface area contributed by atoms with Crippen molar-refractivity contribution in [1.82, 2.24) is 4.98 Å². The van der Waals surface area contributed by atoms with E-state index < -0.39 is 0 Å². The van der Waals surface area contributed by atoms with Crippen LogP contribution >= 0.6 is 0 Å². The summed E-state index contributed by atoms with van der Waals surface area (Å²) in [7, 11) is 0. The average molecular weight is 382 g/mol. The van der Waals surface area contributed by atoms with Crippen molar-refractivity contribution in [3.63, 3.8) is 0 Å². The quantitative estimate of drug-likeness (QED) is 0.430. The molecule has 0 aliphatic rings. The van der Waals surface area contributed by atoms with Crippen LogP contribution in [0.5, 0.6) is 11.8 Å². The molecule has 29 heavy (non-hydrogen) atoms. The van der Waals surface area contributed by atoms with Crippen LogP contribution in [0.15, 0.2) is 97.1 Å². The van der Waals surface area contributed by atoms with Gasteiger partial charge in [0.15, 0.2) is 0 Å². The van der Waals surface area contributed by atoms with Crippen LogP contribution in [0.2, 0.25) is 0 Å². The lowest BCUT2D eigenvalue weighted by atomic mass is 10.1. The molecule has 144 valence electrons. The highest BCUT2D eigenvalue weighted by atomic mass is 16.5. The summed E-state index contributed by atoms with van der Waals surface area (Å²) in [5.74, 6) is 1.06. The highest BCUT2D eigenvalue weighted by Crippen LogP contribution is 2.31. The maximum atomic E-state index is 6.08. The molecule has 0 aliphatic carbocycles. The largest absolute Gasteiger partial charge is 0.473 e. The molecule has 0 saturated carbocycles. The molecule has 1 heterocycles. The van der Waals surface area contributed by atoms with Crippen LogP contribution in [0, 0.1) is 0 Å². The van der Waals surface area contributed by atoms with Crippen molar-refractivity contribution in [3.8, 4) is 22.9 Å². The van der Waals surface area contributed by atoms with Gasteiger partial charge in [0, 0.05) is 17.3 Å². The van der Waals surface area contributed by atoms with Gasteiger partial charge in [-0.3, -0.25) is 0 Å². The van der Waals surface area contributed by atoms with E-state index in [0.717, 1.165) is 27.9 Å². The second-order valence-electron chi connectivity index (χ2n) is 6.67. The summed E-state index contributed by atoms with van der Waals surface area (Å²) >= 11 is 0. The summed E-state index contributed by atoms with van der Waals surface area (Å²) < 4.78 is 12.0. The zero-order chi connectivity index (χ0) is 19.9. The van der Waals surface area contributed by atoms with E-state index in [0.29, 0.717) is 25.0 Å². The van der Waals surface area contributed by atoms with Gasteiger partial charge in [0.05, 0.1) is 0 Å². The zero-order valence-corrected chi connectivity index (χ0v) is 16.0. The molecular formula is C25H22N2O2. The average Bonchev–Trinajstić information content (AvgIpc) is 2.78. The van der Waals surface area contributed by atoms with E-state index in [1.807, 2.05) is 97.1 Å². The number of nitrogens with zero attached hydrogens (tertiary/aromatic N) is 1. The van der Waals surface area contributed by atoms with E-state index >= 15 is 0 Å². The highest BCUT2D eigenvalue weighted by Gasteiger charge is 2.11. The third-order valence-corrected chi connectivity index (χ3v) is 4.50. The normalized spacial score (nSPS) is 10.5. The van der Waals surface area contributed by atoms with Gasteiger partial charge in [-0.2, -0.15) is 4.98 Å². The minimum atomic E-state index is 0.429. The Morgan fingerprint density at radius 3 is 1.83 bits per heavy atom. The summed E-state index contributed by atoms with van der Waals surface area (Å²) in [5, 5.41) is 0. The molecule has 4 aromatic rings. The van der Waals surface area contributed by atoms with E-state index in [-0.39, 0.29) is 0 Å². The van der Waals surface area contributed by atoms with Gasteiger partial charge in [0.2, 0.25) is 11.8 Å². The van der Waals surface area contributed by atoms with Crippen molar-refractivity contribution in [2.45, 2.75) is 13.2 Å². The van der Waals surface area contributed by atoms with Gasteiger partial charge >= 0.3 is 0 Å². The van der Waals surface area contributed by atoms with Gasteiger partial charge < -0.3 is 15.2 Å². The fourth-order valence-corrected chi connectivity index (χ4v) is 2.95. The summed E-state index contributed by atoms with van der Waals surface area (Å²) in [4.78, 5) is 4.63. The Bertz CT molecular complexity index is 1050. The lowest BCUT2D eigenvalue weighted by Gasteiger charge is -2.13. The van der Waals surface area contributed by atoms with Crippen LogP contribution in [0.3, 0.4) is 0 Å². The Labute approximate surface area is 170 Å². The van der Waals surface area contributed by atoms with E-state index in [2.05, 4.69) is 4.98 Å². The Kier molecular flexibility index (Phi) is 5.72. The first-order chi connectivity index (χ1) is 14.3. The number of ether oxygens (including phenoxy) is 2. The zero-order valence-electron chi connectivity index (χ0n) is 16.0. The van der Waals surface area contributed by atoms with Crippen molar-refractivity contribution in [3.05, 3.63) is 108 Å². The van der Waals surface area contributed by atoms with Crippen molar-refractivity contribution >= 4 is 5.69 Å². The Balaban J connectivity index is 1.58. The molecule has 0 aliphatic heterocycles. The number of nitrogen functional groups attached to an aromatic ring is 1. The fraction of sp³-hybridized carbons (Fsp3) is 0.0800. The number of nitrogens with two attached hydrogens (primary N) is 1. The minimum absolute atomic E-state index is 0.429. The molecule has 1 aromatic heterocycles. The van der Waals surface area contributed by atoms with Crippen LogP contribution < -0.4 is 15.2 Å². The van der Waals surface area contributed by atoms with Crippen LogP contribution in [0.25, 0.3) is 11.1 Å². The van der Waals surface area contributed by atoms with Crippen molar-refractivity contribution in [2.24, 2.45) is 0 Å². The summed E-state index contributed by atoms with van der Waals surface area (Å²) in [6.45, 7) is 0.880. The van der Waals surface area contributed by atoms with Crippen molar-refractivity contribution < 1.29 is 9.47 Å². The molecule has 0 saturated heterocycles. The molecule has 4 nitrogen and oxygen atoms in total. The third kappa shape index (κ3) is 4.93.